The van der Waals surface area contributed by atoms with Gasteiger partial charge in [0, 0.05) is 0 Å². The average Bonchev–Trinajstić information content (AvgIpc) is 2.01. The largest absolute Gasteiger partial charge is 0.100 e. The van der Waals surface area contributed by atoms with Crippen molar-refractivity contribution >= 4 is 0 Å². The Balaban J connectivity index is 4.56. The van der Waals surface area contributed by atoms with Crippen molar-refractivity contribution in [1.82, 2.24) is 0 Å². The molecule has 0 aliphatic heterocycles. The second kappa shape index (κ2) is 4.64. The third-order valence-corrected chi connectivity index (χ3v) is 3.45. The zero-order valence-electron chi connectivity index (χ0n) is 9.91. The second-order valence-corrected chi connectivity index (χ2v) is 4.61. The molecule has 0 aliphatic carbocycles. The number of allylic oxidation sites excluding steroid dienone is 2. The maximum Gasteiger partial charge on any atom is -0.00958 e. The van der Waals surface area contributed by atoms with Gasteiger partial charge in [0.1, 0.15) is 0 Å². The molecular weight excluding hydrogens is 156 g/mol. The van der Waals surface area contributed by atoms with Gasteiger partial charge in [-0.15, -0.1) is 6.58 Å². The lowest BCUT2D eigenvalue weighted by molar-refractivity contribution is 0.245. The fraction of sp³-hybridized carbons (Fsp3) is 0.692. The summed E-state index contributed by atoms with van der Waals surface area (Å²) in [7, 11) is 0. The molecule has 0 aromatic rings. The van der Waals surface area contributed by atoms with Gasteiger partial charge in [0.2, 0.25) is 0 Å². The van der Waals surface area contributed by atoms with Crippen LogP contribution in [0.3, 0.4) is 0 Å². The van der Waals surface area contributed by atoms with E-state index in [0.717, 1.165) is 12.8 Å². The summed E-state index contributed by atoms with van der Waals surface area (Å²) in [5.74, 6) is 0.646. The summed E-state index contributed by atoms with van der Waals surface area (Å²) in [6.45, 7) is 19.2. The van der Waals surface area contributed by atoms with E-state index in [9.17, 15) is 0 Å². The molecule has 0 amide bonds. The lowest BCUT2D eigenvalue weighted by Gasteiger charge is -2.36. The van der Waals surface area contributed by atoms with E-state index in [1.54, 1.807) is 0 Å². The van der Waals surface area contributed by atoms with Gasteiger partial charge >= 0.3 is 0 Å². The van der Waals surface area contributed by atoms with Crippen LogP contribution in [0.25, 0.3) is 0 Å². The van der Waals surface area contributed by atoms with Crippen LogP contribution >= 0.6 is 0 Å². The van der Waals surface area contributed by atoms with Gasteiger partial charge in [-0.2, -0.15) is 0 Å². The summed E-state index contributed by atoms with van der Waals surface area (Å²) in [5, 5.41) is 0. The highest BCUT2D eigenvalue weighted by molar-refractivity contribution is 5.09. The Kier molecular flexibility index (Phi) is 4.46. The van der Waals surface area contributed by atoms with Gasteiger partial charge in [-0.25, -0.2) is 0 Å². The van der Waals surface area contributed by atoms with Crippen LogP contribution in [-0.2, 0) is 0 Å². The maximum absolute atomic E-state index is 4.10. The van der Waals surface area contributed by atoms with E-state index < -0.39 is 0 Å². The molecule has 0 saturated carbocycles. The highest BCUT2D eigenvalue weighted by Gasteiger charge is 2.29. The Labute approximate surface area is 83.7 Å². The zero-order chi connectivity index (χ0) is 10.6. The fourth-order valence-electron chi connectivity index (χ4n) is 1.82. The highest BCUT2D eigenvalue weighted by Crippen LogP contribution is 2.40. The number of rotatable bonds is 5. The number of hydrogen-bond donors (Lipinski definition) is 0. The van der Waals surface area contributed by atoms with Gasteiger partial charge in [-0.05, 0) is 38.0 Å². The SMILES string of the molecule is C=C(C)CC(C)C(C)(CC)C(=C)C. The molecule has 0 spiro atoms. The Hall–Kier alpha value is -0.520. The predicted octanol–water partition coefficient (Wildman–Crippen LogP) is 4.58. The Morgan fingerprint density at radius 1 is 1.31 bits per heavy atom. The molecule has 0 N–H and O–H groups in total. The predicted molar refractivity (Wildman–Crippen MR) is 61.8 cm³/mol. The van der Waals surface area contributed by atoms with Crippen LogP contribution in [0.1, 0.15) is 47.5 Å². The molecule has 0 aromatic heterocycles. The van der Waals surface area contributed by atoms with Crippen molar-refractivity contribution in [2.24, 2.45) is 11.3 Å². The minimum Gasteiger partial charge on any atom is -0.100 e. The lowest BCUT2D eigenvalue weighted by atomic mass is 9.69. The van der Waals surface area contributed by atoms with E-state index in [4.69, 9.17) is 0 Å². The molecule has 2 atom stereocenters. The molecule has 2 unspecified atom stereocenters. The van der Waals surface area contributed by atoms with Crippen LogP contribution < -0.4 is 0 Å². The summed E-state index contributed by atoms with van der Waals surface area (Å²) >= 11 is 0. The molecule has 76 valence electrons. The number of hydrogen-bond acceptors (Lipinski definition) is 0. The molecule has 0 heteroatoms. The fourth-order valence-corrected chi connectivity index (χ4v) is 1.82. The van der Waals surface area contributed by atoms with Crippen LogP contribution in [0.5, 0.6) is 0 Å². The van der Waals surface area contributed by atoms with Crippen molar-refractivity contribution in [1.29, 1.82) is 0 Å². The summed E-state index contributed by atoms with van der Waals surface area (Å²) in [6.07, 6.45) is 2.27. The van der Waals surface area contributed by atoms with Crippen LogP contribution in [0, 0.1) is 11.3 Å². The van der Waals surface area contributed by atoms with Gasteiger partial charge in [0.05, 0.1) is 0 Å². The van der Waals surface area contributed by atoms with Crippen molar-refractivity contribution in [3.05, 3.63) is 24.3 Å². The third-order valence-electron chi connectivity index (χ3n) is 3.45. The maximum atomic E-state index is 4.10. The third kappa shape index (κ3) is 3.02. The molecule has 13 heavy (non-hydrogen) atoms. The van der Waals surface area contributed by atoms with Crippen molar-refractivity contribution in [2.75, 3.05) is 0 Å². The smallest absolute Gasteiger partial charge is 0.00958 e. The van der Waals surface area contributed by atoms with Gasteiger partial charge in [-0.3, -0.25) is 0 Å². The van der Waals surface area contributed by atoms with E-state index >= 15 is 0 Å². The van der Waals surface area contributed by atoms with Crippen LogP contribution in [0.4, 0.5) is 0 Å². The molecule has 0 nitrogen and oxygen atoms in total. The van der Waals surface area contributed by atoms with E-state index in [2.05, 4.69) is 47.8 Å². The first-order chi connectivity index (χ1) is 5.84. The molecule has 0 fully saturated rings. The van der Waals surface area contributed by atoms with Gasteiger partial charge in [-0.1, -0.05) is 38.5 Å². The molecule has 0 saturated heterocycles. The van der Waals surface area contributed by atoms with Crippen LogP contribution in [0.15, 0.2) is 24.3 Å². The monoisotopic (exact) mass is 180 g/mol. The van der Waals surface area contributed by atoms with Gasteiger partial charge in [0.25, 0.3) is 0 Å². The topological polar surface area (TPSA) is 0 Å². The van der Waals surface area contributed by atoms with E-state index in [1.165, 1.54) is 11.1 Å². The quantitative estimate of drug-likeness (QED) is 0.543. The van der Waals surface area contributed by atoms with E-state index in [-0.39, 0.29) is 5.41 Å². The standard InChI is InChI=1S/C13H24/c1-8-13(7,11(4)5)12(6)9-10(2)3/h12H,2,4,8-9H2,1,3,5-7H3. The first-order valence-electron chi connectivity index (χ1n) is 5.15. The van der Waals surface area contributed by atoms with Crippen molar-refractivity contribution in [2.45, 2.75) is 47.5 Å². The molecule has 0 rings (SSSR count). The molecule has 0 aliphatic rings. The summed E-state index contributed by atoms with van der Waals surface area (Å²) < 4.78 is 0. The minimum absolute atomic E-state index is 0.277. The lowest BCUT2D eigenvalue weighted by Crippen LogP contribution is -2.25. The molecular formula is C13H24. The van der Waals surface area contributed by atoms with E-state index in [0.29, 0.717) is 5.92 Å². The Morgan fingerprint density at radius 2 is 1.77 bits per heavy atom. The second-order valence-electron chi connectivity index (χ2n) is 4.61. The molecule has 0 bridgehead atoms. The minimum atomic E-state index is 0.277. The van der Waals surface area contributed by atoms with E-state index in [1.807, 2.05) is 0 Å². The van der Waals surface area contributed by atoms with Crippen LogP contribution in [-0.4, -0.2) is 0 Å². The summed E-state index contributed by atoms with van der Waals surface area (Å²) in [6, 6.07) is 0. The summed E-state index contributed by atoms with van der Waals surface area (Å²) in [5.41, 5.74) is 2.84. The Bertz CT molecular complexity index is 200. The summed E-state index contributed by atoms with van der Waals surface area (Å²) in [4.78, 5) is 0. The molecule has 0 heterocycles. The molecule has 0 radical (unpaired) electrons. The van der Waals surface area contributed by atoms with Crippen LogP contribution in [0.2, 0.25) is 0 Å². The van der Waals surface area contributed by atoms with Crippen molar-refractivity contribution in [3.8, 4) is 0 Å². The first-order valence-corrected chi connectivity index (χ1v) is 5.15. The normalized spacial score (nSPS) is 17.6. The van der Waals surface area contributed by atoms with Gasteiger partial charge in [0.15, 0.2) is 0 Å². The zero-order valence-corrected chi connectivity index (χ0v) is 9.91. The average molecular weight is 180 g/mol. The van der Waals surface area contributed by atoms with Crippen molar-refractivity contribution in [3.63, 3.8) is 0 Å². The molecule has 0 aromatic carbocycles. The van der Waals surface area contributed by atoms with Crippen molar-refractivity contribution < 1.29 is 0 Å². The first kappa shape index (κ1) is 12.5. The highest BCUT2D eigenvalue weighted by atomic mass is 14.3. The Morgan fingerprint density at radius 3 is 2.00 bits per heavy atom. The van der Waals surface area contributed by atoms with Gasteiger partial charge < -0.3 is 0 Å².